The first-order chi connectivity index (χ1) is 21.2. The Hall–Kier alpha value is -3.10. The smallest absolute Gasteiger partial charge is 0.423 e. The van der Waals surface area contributed by atoms with E-state index in [1.54, 1.807) is 4.98 Å². The van der Waals surface area contributed by atoms with Crippen molar-refractivity contribution < 1.29 is 32.2 Å². The van der Waals surface area contributed by atoms with E-state index in [0.717, 1.165) is 38.5 Å². The lowest BCUT2D eigenvalue weighted by atomic mass is 10.1. The molecule has 1 aromatic heterocycles. The zero-order valence-corrected chi connectivity index (χ0v) is 25.7. The number of terminal acetylenes is 1. The quantitative estimate of drug-likeness (QED) is 0.0685. The van der Waals surface area contributed by atoms with Crippen LogP contribution in [0.1, 0.15) is 115 Å². The fraction of sp³-hybridized carbons (Fsp3) is 0.667. The average molecular weight is 625 g/mol. The van der Waals surface area contributed by atoms with Crippen molar-refractivity contribution in [3.63, 3.8) is 0 Å². The minimum atomic E-state index is -4.96. The number of esters is 1. The summed E-state index contributed by atoms with van der Waals surface area (Å²) < 4.78 is 56.9. The molecule has 0 radical (unpaired) electrons. The van der Waals surface area contributed by atoms with Crippen molar-refractivity contribution in [3.8, 4) is 12.3 Å². The van der Waals surface area contributed by atoms with Crippen LogP contribution in [0.3, 0.4) is 0 Å². The summed E-state index contributed by atoms with van der Waals surface area (Å²) in [5.74, 6) is 1.87. The van der Waals surface area contributed by atoms with Gasteiger partial charge in [0.25, 0.3) is 5.56 Å². The normalized spacial score (nSPS) is 18.8. The number of nitrogens with zero attached hydrogens (tertiary/aromatic N) is 1. The van der Waals surface area contributed by atoms with E-state index in [4.69, 9.17) is 20.6 Å². The molecule has 8 nitrogen and oxygen atoms in total. The van der Waals surface area contributed by atoms with Crippen LogP contribution in [0, 0.1) is 12.3 Å². The van der Waals surface area contributed by atoms with Crippen molar-refractivity contribution in [2.24, 2.45) is 0 Å². The van der Waals surface area contributed by atoms with Gasteiger partial charge in [-0.05, 0) is 38.5 Å². The predicted molar refractivity (Wildman–Crippen MR) is 163 cm³/mol. The van der Waals surface area contributed by atoms with Crippen LogP contribution in [-0.4, -0.2) is 40.9 Å². The number of carbonyl (C=O) groups is 1. The number of rotatable bonds is 21. The van der Waals surface area contributed by atoms with Gasteiger partial charge in [-0.25, -0.2) is 4.79 Å². The van der Waals surface area contributed by atoms with Gasteiger partial charge >= 0.3 is 17.8 Å². The summed E-state index contributed by atoms with van der Waals surface area (Å²) in [6.07, 6.45) is 21.6. The predicted octanol–water partition coefficient (Wildman–Crippen LogP) is 7.00. The van der Waals surface area contributed by atoms with Gasteiger partial charge in [0.1, 0.15) is 31.1 Å². The number of hydrogen-bond donors (Lipinski definition) is 1. The van der Waals surface area contributed by atoms with E-state index < -0.39 is 47.4 Å². The van der Waals surface area contributed by atoms with E-state index in [0.29, 0.717) is 17.2 Å². The third-order valence-corrected chi connectivity index (χ3v) is 7.38. The fourth-order valence-electron chi connectivity index (χ4n) is 4.93. The van der Waals surface area contributed by atoms with E-state index >= 15 is 0 Å². The zero-order valence-electron chi connectivity index (χ0n) is 25.7. The first-order valence-electron chi connectivity index (χ1n) is 15.8. The Bertz CT molecular complexity index is 1200. The van der Waals surface area contributed by atoms with E-state index in [9.17, 15) is 27.6 Å². The Kier molecular flexibility index (Phi) is 17.5. The topological polar surface area (TPSA) is 99.6 Å². The maximum Gasteiger partial charge on any atom is 0.423 e. The number of ether oxygens (including phenoxy) is 3. The molecule has 1 aromatic rings. The number of aromatic nitrogens is 2. The van der Waals surface area contributed by atoms with Crippen molar-refractivity contribution >= 4 is 5.97 Å². The first-order valence-corrected chi connectivity index (χ1v) is 15.8. The Balaban J connectivity index is 1.66. The van der Waals surface area contributed by atoms with Crippen LogP contribution in [0.15, 0.2) is 40.1 Å². The SMILES string of the molecule is C#CCO[C@H]1C[C@H](n2cc(C(F)(F)F)c(=O)[nH]c2=O)O[C@@H]1COC(=O)CCCCCCC=CCC=CCCCCCCCC. The van der Waals surface area contributed by atoms with Crippen LogP contribution >= 0.6 is 0 Å². The lowest BCUT2D eigenvalue weighted by molar-refractivity contribution is -0.151. The van der Waals surface area contributed by atoms with Crippen LogP contribution in [0.25, 0.3) is 0 Å². The molecule has 1 aliphatic heterocycles. The van der Waals surface area contributed by atoms with Crippen LogP contribution in [0.5, 0.6) is 0 Å². The van der Waals surface area contributed by atoms with Crippen molar-refractivity contribution in [2.45, 2.75) is 128 Å². The number of halogens is 3. The molecule has 246 valence electrons. The molecule has 1 saturated heterocycles. The number of alkyl halides is 3. The summed E-state index contributed by atoms with van der Waals surface area (Å²) in [7, 11) is 0. The third kappa shape index (κ3) is 14.1. The van der Waals surface area contributed by atoms with Crippen molar-refractivity contribution in [1.82, 2.24) is 9.55 Å². The van der Waals surface area contributed by atoms with Gasteiger partial charge < -0.3 is 14.2 Å². The second kappa shape index (κ2) is 20.8. The maximum atomic E-state index is 13.2. The standard InChI is InChI=1S/C33H47F3N2O6/c1-3-5-6-7-8-9-10-11-12-13-14-15-16-17-18-19-20-21-30(39)43-25-28-27(42-22-4-2)23-29(44-28)38-24-26(33(34,35)36)31(40)37-32(38)41/h2,11-12,14-15,24,27-29H,3,5-10,13,16-23,25H2,1H3,(H,37,40,41)/t27-,28+,29+/m0/s1. The van der Waals surface area contributed by atoms with Crippen LogP contribution < -0.4 is 11.2 Å². The highest BCUT2D eigenvalue weighted by atomic mass is 19.4. The Morgan fingerprint density at radius 2 is 1.68 bits per heavy atom. The van der Waals surface area contributed by atoms with E-state index in [2.05, 4.69) is 37.1 Å². The summed E-state index contributed by atoms with van der Waals surface area (Å²) in [6.45, 7) is 1.91. The monoisotopic (exact) mass is 624 g/mol. The molecule has 44 heavy (non-hydrogen) atoms. The number of aromatic amines is 1. The highest BCUT2D eigenvalue weighted by Crippen LogP contribution is 2.32. The molecule has 11 heteroatoms. The number of hydrogen-bond acceptors (Lipinski definition) is 6. The molecular weight excluding hydrogens is 577 g/mol. The van der Waals surface area contributed by atoms with Gasteiger partial charge in [0.15, 0.2) is 0 Å². The lowest BCUT2D eigenvalue weighted by Gasteiger charge is -2.18. The Morgan fingerprint density at radius 3 is 2.32 bits per heavy atom. The number of allylic oxidation sites excluding steroid dienone is 4. The average Bonchev–Trinajstić information content (AvgIpc) is 3.38. The maximum absolute atomic E-state index is 13.2. The molecule has 0 aromatic carbocycles. The second-order valence-corrected chi connectivity index (χ2v) is 11.0. The van der Waals surface area contributed by atoms with Gasteiger partial charge in [-0.1, -0.05) is 82.1 Å². The minimum absolute atomic E-state index is 0.0307. The summed E-state index contributed by atoms with van der Waals surface area (Å²) in [5.41, 5.74) is -4.13. The molecule has 0 amide bonds. The molecule has 3 atom stereocenters. The largest absolute Gasteiger partial charge is 0.463 e. The van der Waals surface area contributed by atoms with Gasteiger partial charge in [-0.3, -0.25) is 19.1 Å². The number of H-pyrrole nitrogens is 1. The van der Waals surface area contributed by atoms with Gasteiger partial charge in [0.2, 0.25) is 0 Å². The van der Waals surface area contributed by atoms with Crippen LogP contribution in [-0.2, 0) is 25.2 Å². The lowest BCUT2D eigenvalue weighted by Crippen LogP contribution is -2.36. The van der Waals surface area contributed by atoms with Crippen LogP contribution in [0.4, 0.5) is 13.2 Å². The summed E-state index contributed by atoms with van der Waals surface area (Å²) in [5, 5.41) is 0. The Labute approximate surface area is 258 Å². The molecule has 0 spiro atoms. The molecule has 2 heterocycles. The summed E-state index contributed by atoms with van der Waals surface area (Å²) in [6, 6.07) is 0. The minimum Gasteiger partial charge on any atom is -0.463 e. The third-order valence-electron chi connectivity index (χ3n) is 7.38. The van der Waals surface area contributed by atoms with Crippen molar-refractivity contribution in [2.75, 3.05) is 13.2 Å². The highest BCUT2D eigenvalue weighted by molar-refractivity contribution is 5.69. The molecule has 0 saturated carbocycles. The van der Waals surface area contributed by atoms with E-state index in [1.807, 2.05) is 0 Å². The van der Waals surface area contributed by atoms with Gasteiger partial charge in [-0.2, -0.15) is 13.2 Å². The molecule has 1 aliphatic rings. The number of nitrogens with one attached hydrogen (secondary N) is 1. The molecule has 0 bridgehead atoms. The molecule has 1 N–H and O–H groups in total. The summed E-state index contributed by atoms with van der Waals surface area (Å²) in [4.78, 5) is 37.8. The Morgan fingerprint density at radius 1 is 1.05 bits per heavy atom. The zero-order chi connectivity index (χ0) is 32.2. The molecule has 0 unspecified atom stereocenters. The molecule has 1 fully saturated rings. The summed E-state index contributed by atoms with van der Waals surface area (Å²) >= 11 is 0. The van der Waals surface area contributed by atoms with Gasteiger partial charge in [0.05, 0.1) is 6.10 Å². The van der Waals surface area contributed by atoms with Gasteiger partial charge in [-0.15, -0.1) is 6.42 Å². The molecule has 0 aliphatic carbocycles. The number of carbonyl (C=O) groups excluding carboxylic acids is 1. The highest BCUT2D eigenvalue weighted by Gasteiger charge is 2.40. The van der Waals surface area contributed by atoms with Crippen molar-refractivity contribution in [3.05, 3.63) is 56.9 Å². The van der Waals surface area contributed by atoms with Crippen LogP contribution in [0.2, 0.25) is 0 Å². The van der Waals surface area contributed by atoms with E-state index in [-0.39, 0.29) is 26.1 Å². The van der Waals surface area contributed by atoms with Crippen molar-refractivity contribution in [1.29, 1.82) is 0 Å². The van der Waals surface area contributed by atoms with E-state index in [1.165, 1.54) is 38.5 Å². The van der Waals surface area contributed by atoms with Gasteiger partial charge in [0, 0.05) is 19.0 Å². The fourth-order valence-corrected chi connectivity index (χ4v) is 4.93. The number of unbranched alkanes of at least 4 members (excludes halogenated alkanes) is 10. The molecule has 2 rings (SSSR count). The second-order valence-electron chi connectivity index (χ2n) is 11.0. The molecular formula is C33H47F3N2O6. The first kappa shape index (κ1) is 37.1.